The largest absolute Gasteiger partial charge is 0.545 e. The molecule has 0 aliphatic carbocycles. The number of likely N-dealkylation sites (N-methyl/N-ethyl adjacent to an activating group) is 1. The fourth-order valence-corrected chi connectivity index (χ4v) is 9.88. The third kappa shape index (κ3) is 67.5. The van der Waals surface area contributed by atoms with Crippen LogP contribution in [0.2, 0.25) is 0 Å². The van der Waals surface area contributed by atoms with E-state index in [1.54, 1.807) is 0 Å². The second-order valence-corrected chi connectivity index (χ2v) is 24.8. The molecule has 0 fully saturated rings. The highest BCUT2D eigenvalue weighted by molar-refractivity contribution is 5.70. The maximum Gasteiger partial charge on any atom is 0.306 e. The predicted molar refractivity (Wildman–Crippen MR) is 366 cm³/mol. The van der Waals surface area contributed by atoms with Gasteiger partial charge < -0.3 is 33.3 Å². The first-order valence-corrected chi connectivity index (χ1v) is 35.5. The van der Waals surface area contributed by atoms with Gasteiger partial charge in [-0.2, -0.15) is 0 Å². The fraction of sp³-hybridized carbons (Fsp3) is 0.727. The number of hydrogen-bond acceptors (Lipinski definition) is 8. The molecule has 0 heterocycles. The number of esters is 2. The van der Waals surface area contributed by atoms with E-state index in [0.717, 1.165) is 96.3 Å². The lowest BCUT2D eigenvalue weighted by atomic mass is 10.0. The molecule has 0 bridgehead atoms. The predicted octanol–water partition coefficient (Wildman–Crippen LogP) is 20.9. The molecule has 0 aromatic heterocycles. The molecule has 0 aromatic rings. The number of aliphatic carboxylic acids is 1. The van der Waals surface area contributed by atoms with E-state index in [0.29, 0.717) is 23.9 Å². The molecular weight excluding hydrogens is 1070 g/mol. The summed E-state index contributed by atoms with van der Waals surface area (Å²) in [5.74, 6) is -2.27. The van der Waals surface area contributed by atoms with Gasteiger partial charge in [0.25, 0.3) is 0 Å². The summed E-state index contributed by atoms with van der Waals surface area (Å²) in [6.07, 6.45) is 90.3. The Morgan fingerprint density at radius 1 is 0.360 bits per heavy atom. The van der Waals surface area contributed by atoms with E-state index in [1.807, 2.05) is 21.1 Å². The summed E-state index contributed by atoms with van der Waals surface area (Å²) in [5.41, 5.74) is 0. The SMILES string of the molecule is CC/C=C\C/C=C\C/C=C\C/C=C\C/C=C\C/C=C\C/C=C\C/C=C\C/C=C\CCCCCCCCCCCCCCCC(=O)OC(COC(=O)CCCCCCCCCCCCCCCCCCCCCC)COC(OCC[N+](C)(C)C)C(=O)[O-]. The first-order valence-electron chi connectivity index (χ1n) is 35.5. The zero-order chi connectivity index (χ0) is 62.6. The molecule has 0 N–H and O–H groups in total. The fourth-order valence-electron chi connectivity index (χ4n) is 9.88. The molecule has 0 aromatic carbocycles. The number of quaternary nitrogens is 1. The van der Waals surface area contributed by atoms with Crippen molar-refractivity contribution in [2.75, 3.05) is 47.5 Å². The minimum atomic E-state index is -1.62. The Kier molecular flexibility index (Phi) is 63.7. The molecule has 494 valence electrons. The van der Waals surface area contributed by atoms with Crippen molar-refractivity contribution in [3.63, 3.8) is 0 Å². The molecule has 2 atom stereocenters. The number of carbonyl (C=O) groups excluding carboxylic acids is 3. The minimum Gasteiger partial charge on any atom is -0.545 e. The van der Waals surface area contributed by atoms with Gasteiger partial charge in [-0.3, -0.25) is 9.59 Å². The number of ether oxygens (including phenoxy) is 4. The molecule has 2 unspecified atom stereocenters. The highest BCUT2D eigenvalue weighted by Gasteiger charge is 2.22. The van der Waals surface area contributed by atoms with Crippen LogP contribution in [0.5, 0.6) is 0 Å². The van der Waals surface area contributed by atoms with Crippen molar-refractivity contribution in [2.24, 2.45) is 0 Å². The lowest BCUT2D eigenvalue weighted by molar-refractivity contribution is -0.870. The maximum absolute atomic E-state index is 12.9. The molecule has 86 heavy (non-hydrogen) atoms. The zero-order valence-corrected chi connectivity index (χ0v) is 56.4. The first-order chi connectivity index (χ1) is 42.1. The molecule has 0 saturated carbocycles. The van der Waals surface area contributed by atoms with Gasteiger partial charge in [-0.25, -0.2) is 0 Å². The molecule has 0 aliphatic heterocycles. The number of nitrogens with zero attached hydrogens (tertiary/aromatic N) is 1. The molecule has 0 amide bonds. The van der Waals surface area contributed by atoms with Crippen LogP contribution in [-0.4, -0.2) is 82.3 Å². The molecule has 0 rings (SSSR count). The number of allylic oxidation sites excluding steroid dienone is 18. The summed E-state index contributed by atoms with van der Waals surface area (Å²) in [6.45, 7) is 4.67. The summed E-state index contributed by atoms with van der Waals surface area (Å²) in [6, 6.07) is 0. The van der Waals surface area contributed by atoms with Crippen LogP contribution in [0.15, 0.2) is 109 Å². The number of carboxylic acid groups (broad SMARTS) is 1. The van der Waals surface area contributed by atoms with Crippen molar-refractivity contribution in [1.82, 2.24) is 0 Å². The van der Waals surface area contributed by atoms with Crippen LogP contribution in [0.4, 0.5) is 0 Å². The Labute approximate surface area is 530 Å². The summed E-state index contributed by atoms with van der Waals surface area (Å²) in [4.78, 5) is 37.5. The molecule has 0 saturated heterocycles. The average Bonchev–Trinajstić information content (AvgIpc) is 3.63. The normalized spacial score (nSPS) is 13.4. The van der Waals surface area contributed by atoms with E-state index in [4.69, 9.17) is 18.9 Å². The maximum atomic E-state index is 12.9. The number of hydrogen-bond donors (Lipinski definition) is 0. The Morgan fingerprint density at radius 3 is 0.988 bits per heavy atom. The summed E-state index contributed by atoms with van der Waals surface area (Å²) >= 11 is 0. The van der Waals surface area contributed by atoms with Crippen LogP contribution in [-0.2, 0) is 33.3 Å². The van der Waals surface area contributed by atoms with Crippen molar-refractivity contribution in [3.05, 3.63) is 109 Å². The average molecular weight is 1200 g/mol. The lowest BCUT2D eigenvalue weighted by Gasteiger charge is -2.26. The number of unbranched alkanes of at least 4 members (excludes halogenated alkanes) is 32. The third-order valence-corrected chi connectivity index (χ3v) is 15.3. The van der Waals surface area contributed by atoms with E-state index in [2.05, 4.69) is 123 Å². The Bertz CT molecular complexity index is 1780. The van der Waals surface area contributed by atoms with Crippen molar-refractivity contribution < 1.29 is 42.9 Å². The Morgan fingerprint density at radius 2 is 0.663 bits per heavy atom. The van der Waals surface area contributed by atoms with Crippen LogP contribution in [0.1, 0.15) is 303 Å². The van der Waals surface area contributed by atoms with Gasteiger partial charge in [-0.05, 0) is 83.5 Å². The molecule has 9 heteroatoms. The van der Waals surface area contributed by atoms with Gasteiger partial charge in [-0.1, -0.05) is 316 Å². The second kappa shape index (κ2) is 66.9. The highest BCUT2D eigenvalue weighted by Crippen LogP contribution is 2.18. The summed E-state index contributed by atoms with van der Waals surface area (Å²) in [5, 5.41) is 11.8. The molecule has 0 radical (unpaired) electrons. The molecule has 0 spiro atoms. The first kappa shape index (κ1) is 82.0. The van der Waals surface area contributed by atoms with Gasteiger partial charge in [0, 0.05) is 12.8 Å². The molecule has 0 aliphatic rings. The van der Waals surface area contributed by atoms with Crippen molar-refractivity contribution >= 4 is 17.9 Å². The van der Waals surface area contributed by atoms with Gasteiger partial charge in [0.1, 0.15) is 13.2 Å². The lowest BCUT2D eigenvalue weighted by Crippen LogP contribution is -2.44. The third-order valence-electron chi connectivity index (χ3n) is 15.3. The van der Waals surface area contributed by atoms with Crippen molar-refractivity contribution in [2.45, 2.75) is 315 Å². The van der Waals surface area contributed by atoms with Gasteiger partial charge in [-0.15, -0.1) is 0 Å². The summed E-state index contributed by atoms with van der Waals surface area (Å²) < 4.78 is 22.8. The van der Waals surface area contributed by atoms with Gasteiger partial charge >= 0.3 is 11.9 Å². The van der Waals surface area contributed by atoms with Crippen LogP contribution >= 0.6 is 0 Å². The van der Waals surface area contributed by atoms with E-state index >= 15 is 0 Å². The monoisotopic (exact) mass is 1200 g/mol. The van der Waals surface area contributed by atoms with Crippen LogP contribution < -0.4 is 5.11 Å². The smallest absolute Gasteiger partial charge is 0.306 e. The molecule has 9 nitrogen and oxygen atoms in total. The Hall–Kier alpha value is -4.05. The van der Waals surface area contributed by atoms with E-state index in [9.17, 15) is 19.5 Å². The van der Waals surface area contributed by atoms with Gasteiger partial charge in [0.05, 0.1) is 40.3 Å². The zero-order valence-electron chi connectivity index (χ0n) is 56.4. The highest BCUT2D eigenvalue weighted by atomic mass is 16.7. The number of carboxylic acids is 1. The second-order valence-electron chi connectivity index (χ2n) is 24.8. The van der Waals surface area contributed by atoms with Crippen molar-refractivity contribution in [3.8, 4) is 0 Å². The molecular formula is C77H133NO8. The van der Waals surface area contributed by atoms with E-state index < -0.39 is 24.3 Å². The number of carbonyl (C=O) groups is 3. The summed E-state index contributed by atoms with van der Waals surface area (Å²) in [7, 11) is 5.93. The van der Waals surface area contributed by atoms with Crippen LogP contribution in [0.25, 0.3) is 0 Å². The standard InChI is InChI=1S/C77H133NO8/c1-6-8-10-12-14-16-18-20-22-24-26-28-29-30-31-32-33-34-35-36-37-38-39-40-41-42-43-44-45-46-47-48-50-52-54-56-58-60-62-64-66-68-75(80)86-73(72-85-77(76(81)82)83-70-69-78(3,4)5)71-84-74(79)67-65-63-61-59-57-55-53-51-49-27-25-23-21-19-17-15-13-11-9-7-2/h8,10,14,16,20,22,26,28,30-31,33-34,36-37,39-40,42-43,73,77H,6-7,9,11-13,15,17-19,21,23-25,27,29,32,35,38,41,44-72H2,1-5H3/b10-8-,16-14-,22-20-,28-26-,31-30-,34-33-,37-36-,40-39-,43-42-. The van der Waals surface area contributed by atoms with E-state index in [1.165, 1.54) is 173 Å². The quantitative estimate of drug-likeness (QED) is 0.0195. The van der Waals surface area contributed by atoms with Crippen molar-refractivity contribution in [1.29, 1.82) is 0 Å². The van der Waals surface area contributed by atoms with Gasteiger partial charge in [0.15, 0.2) is 12.4 Å². The van der Waals surface area contributed by atoms with Crippen LogP contribution in [0.3, 0.4) is 0 Å². The Balaban J connectivity index is 4.08. The topological polar surface area (TPSA) is 111 Å². The minimum absolute atomic E-state index is 0.146. The van der Waals surface area contributed by atoms with E-state index in [-0.39, 0.29) is 32.2 Å². The van der Waals surface area contributed by atoms with Crippen LogP contribution in [0, 0.1) is 0 Å². The van der Waals surface area contributed by atoms with Gasteiger partial charge in [0.2, 0.25) is 0 Å². The number of rotatable bonds is 65.